The van der Waals surface area contributed by atoms with Crippen molar-refractivity contribution in [2.45, 2.75) is 25.7 Å². The SMILES string of the molecule is CC1(C)CCOc2cc3ccccc3cc21. The highest BCUT2D eigenvalue weighted by atomic mass is 16.5. The van der Waals surface area contributed by atoms with Gasteiger partial charge in [-0.15, -0.1) is 0 Å². The molecule has 2 aromatic rings. The fourth-order valence-electron chi connectivity index (χ4n) is 2.42. The summed E-state index contributed by atoms with van der Waals surface area (Å²) in [4.78, 5) is 0. The smallest absolute Gasteiger partial charge is 0.123 e. The Morgan fingerprint density at radius 3 is 2.50 bits per heavy atom. The van der Waals surface area contributed by atoms with Gasteiger partial charge < -0.3 is 4.74 Å². The Bertz CT molecular complexity index is 540. The van der Waals surface area contributed by atoms with Gasteiger partial charge in [-0.3, -0.25) is 0 Å². The van der Waals surface area contributed by atoms with Gasteiger partial charge in [0.1, 0.15) is 5.75 Å². The van der Waals surface area contributed by atoms with Crippen LogP contribution in [0.15, 0.2) is 36.4 Å². The molecular formula is C15H16O. The molecule has 3 rings (SSSR count). The van der Waals surface area contributed by atoms with Crippen molar-refractivity contribution in [3.05, 3.63) is 42.0 Å². The van der Waals surface area contributed by atoms with E-state index in [9.17, 15) is 0 Å². The van der Waals surface area contributed by atoms with Crippen LogP contribution >= 0.6 is 0 Å². The molecule has 0 amide bonds. The first-order valence-electron chi connectivity index (χ1n) is 5.83. The van der Waals surface area contributed by atoms with Crippen LogP contribution < -0.4 is 4.74 Å². The third-order valence-corrected chi connectivity index (χ3v) is 3.56. The van der Waals surface area contributed by atoms with Gasteiger partial charge in [0.2, 0.25) is 0 Å². The first-order valence-corrected chi connectivity index (χ1v) is 5.83. The van der Waals surface area contributed by atoms with Crippen molar-refractivity contribution in [3.8, 4) is 5.75 Å². The topological polar surface area (TPSA) is 9.23 Å². The highest BCUT2D eigenvalue weighted by Crippen LogP contribution is 2.40. The Morgan fingerprint density at radius 1 is 1.06 bits per heavy atom. The highest BCUT2D eigenvalue weighted by Gasteiger charge is 2.28. The maximum atomic E-state index is 5.77. The molecule has 0 N–H and O–H groups in total. The minimum absolute atomic E-state index is 0.234. The second-order valence-electron chi connectivity index (χ2n) is 5.18. The fraction of sp³-hybridized carbons (Fsp3) is 0.333. The number of hydrogen-bond acceptors (Lipinski definition) is 1. The summed E-state index contributed by atoms with van der Waals surface area (Å²) in [7, 11) is 0. The van der Waals surface area contributed by atoms with E-state index >= 15 is 0 Å². The summed E-state index contributed by atoms with van der Waals surface area (Å²) < 4.78 is 5.77. The van der Waals surface area contributed by atoms with Crippen LogP contribution in [0.5, 0.6) is 5.75 Å². The lowest BCUT2D eigenvalue weighted by atomic mass is 9.79. The number of ether oxygens (including phenoxy) is 1. The first-order chi connectivity index (χ1) is 7.67. The number of fused-ring (bicyclic) bond motifs is 2. The van der Waals surface area contributed by atoms with Crippen LogP contribution in [0.2, 0.25) is 0 Å². The summed E-state index contributed by atoms with van der Waals surface area (Å²) in [5.41, 5.74) is 1.58. The number of rotatable bonds is 0. The molecule has 1 aliphatic rings. The van der Waals surface area contributed by atoms with Gasteiger partial charge in [-0.2, -0.15) is 0 Å². The van der Waals surface area contributed by atoms with Crippen molar-refractivity contribution >= 4 is 10.8 Å². The van der Waals surface area contributed by atoms with Crippen molar-refractivity contribution in [2.75, 3.05) is 6.61 Å². The van der Waals surface area contributed by atoms with Crippen molar-refractivity contribution in [1.82, 2.24) is 0 Å². The normalized spacial score (nSPS) is 17.9. The van der Waals surface area contributed by atoms with E-state index in [1.807, 2.05) is 0 Å². The van der Waals surface area contributed by atoms with Crippen LogP contribution in [0.4, 0.5) is 0 Å². The second-order valence-corrected chi connectivity index (χ2v) is 5.18. The summed E-state index contributed by atoms with van der Waals surface area (Å²) in [5.74, 6) is 1.06. The summed E-state index contributed by atoms with van der Waals surface area (Å²) in [6, 6.07) is 12.9. The molecule has 0 radical (unpaired) electrons. The molecule has 1 nitrogen and oxygen atoms in total. The van der Waals surface area contributed by atoms with Gasteiger partial charge in [0.05, 0.1) is 6.61 Å². The monoisotopic (exact) mass is 212 g/mol. The molecule has 1 heterocycles. The summed E-state index contributed by atoms with van der Waals surface area (Å²) >= 11 is 0. The molecule has 0 bridgehead atoms. The lowest BCUT2D eigenvalue weighted by molar-refractivity contribution is 0.234. The van der Waals surface area contributed by atoms with Crippen molar-refractivity contribution < 1.29 is 4.74 Å². The summed E-state index contributed by atoms with van der Waals surface area (Å²) in [6.07, 6.45) is 1.10. The predicted molar refractivity (Wildman–Crippen MR) is 67.1 cm³/mol. The molecular weight excluding hydrogens is 196 g/mol. The maximum absolute atomic E-state index is 5.77. The van der Waals surface area contributed by atoms with E-state index in [0.717, 1.165) is 18.8 Å². The Hall–Kier alpha value is -1.50. The molecule has 0 spiro atoms. The van der Waals surface area contributed by atoms with Gasteiger partial charge >= 0.3 is 0 Å². The van der Waals surface area contributed by atoms with Crippen molar-refractivity contribution in [1.29, 1.82) is 0 Å². The largest absolute Gasteiger partial charge is 0.493 e. The van der Waals surface area contributed by atoms with E-state index in [0.29, 0.717) is 0 Å². The van der Waals surface area contributed by atoms with Gasteiger partial charge in [0, 0.05) is 5.56 Å². The predicted octanol–water partition coefficient (Wildman–Crippen LogP) is 3.90. The van der Waals surface area contributed by atoms with Crippen molar-refractivity contribution in [3.63, 3.8) is 0 Å². The van der Waals surface area contributed by atoms with Crippen molar-refractivity contribution in [2.24, 2.45) is 0 Å². The Kier molecular flexibility index (Phi) is 1.97. The van der Waals surface area contributed by atoms with Gasteiger partial charge in [-0.1, -0.05) is 38.1 Å². The quantitative estimate of drug-likeness (QED) is 0.643. The van der Waals surface area contributed by atoms with Crippen LogP contribution in [-0.4, -0.2) is 6.61 Å². The summed E-state index contributed by atoms with van der Waals surface area (Å²) in [6.45, 7) is 5.42. The maximum Gasteiger partial charge on any atom is 0.123 e. The number of benzene rings is 2. The molecule has 0 atom stereocenters. The van der Waals surface area contributed by atoms with Crippen LogP contribution in [0, 0.1) is 0 Å². The van der Waals surface area contributed by atoms with Gasteiger partial charge in [-0.05, 0) is 34.7 Å². The standard InChI is InChI=1S/C15H16O/c1-15(2)7-8-16-14-10-12-6-4-3-5-11(12)9-13(14)15/h3-6,9-10H,7-8H2,1-2H3. The molecule has 1 aliphatic heterocycles. The van der Waals surface area contributed by atoms with Crippen LogP contribution in [0.1, 0.15) is 25.8 Å². The minimum Gasteiger partial charge on any atom is -0.493 e. The third kappa shape index (κ3) is 1.39. The Labute approximate surface area is 96.0 Å². The molecule has 0 aromatic heterocycles. The molecule has 1 heteroatoms. The zero-order valence-electron chi connectivity index (χ0n) is 9.79. The van der Waals surface area contributed by atoms with Crippen LogP contribution in [-0.2, 0) is 5.41 Å². The average molecular weight is 212 g/mol. The lowest BCUT2D eigenvalue weighted by Crippen LogP contribution is -2.26. The van der Waals surface area contributed by atoms with E-state index in [-0.39, 0.29) is 5.41 Å². The molecule has 0 saturated heterocycles. The van der Waals surface area contributed by atoms with E-state index in [4.69, 9.17) is 4.74 Å². The van der Waals surface area contributed by atoms with E-state index in [1.54, 1.807) is 0 Å². The molecule has 0 fully saturated rings. The van der Waals surface area contributed by atoms with Crippen LogP contribution in [0.25, 0.3) is 10.8 Å². The Balaban J connectivity index is 2.30. The van der Waals surface area contributed by atoms with E-state index < -0.39 is 0 Å². The van der Waals surface area contributed by atoms with Gasteiger partial charge in [-0.25, -0.2) is 0 Å². The molecule has 0 unspecified atom stereocenters. The molecule has 2 aromatic carbocycles. The van der Waals surface area contributed by atoms with Gasteiger partial charge in [0.15, 0.2) is 0 Å². The first kappa shape index (κ1) is 9.71. The van der Waals surface area contributed by atoms with Crippen LogP contribution in [0.3, 0.4) is 0 Å². The Morgan fingerprint density at radius 2 is 1.75 bits per heavy atom. The summed E-state index contributed by atoms with van der Waals surface area (Å²) in [5, 5.41) is 2.57. The third-order valence-electron chi connectivity index (χ3n) is 3.56. The molecule has 82 valence electrons. The van der Waals surface area contributed by atoms with E-state index in [2.05, 4.69) is 50.2 Å². The fourth-order valence-corrected chi connectivity index (χ4v) is 2.42. The molecule has 0 saturated carbocycles. The highest BCUT2D eigenvalue weighted by molar-refractivity contribution is 5.85. The van der Waals surface area contributed by atoms with Gasteiger partial charge in [0.25, 0.3) is 0 Å². The number of hydrogen-bond donors (Lipinski definition) is 0. The zero-order valence-corrected chi connectivity index (χ0v) is 9.79. The molecule has 0 aliphatic carbocycles. The molecule has 16 heavy (non-hydrogen) atoms. The second kappa shape index (κ2) is 3.24. The lowest BCUT2D eigenvalue weighted by Gasteiger charge is -2.32. The zero-order chi connectivity index (χ0) is 11.2. The van der Waals surface area contributed by atoms with E-state index in [1.165, 1.54) is 16.3 Å². The minimum atomic E-state index is 0.234. The average Bonchev–Trinajstić information content (AvgIpc) is 2.27.